The number of guanidine groups is 1. The summed E-state index contributed by atoms with van der Waals surface area (Å²) in [7, 11) is 0. The number of phenols is 1. The second-order valence-electron chi connectivity index (χ2n) is 20.6. The van der Waals surface area contributed by atoms with Crippen molar-refractivity contribution >= 4 is 75.9 Å². The lowest BCUT2D eigenvalue weighted by molar-refractivity contribution is -0.142. The van der Waals surface area contributed by atoms with E-state index in [0.717, 1.165) is 0 Å². The van der Waals surface area contributed by atoms with Crippen LogP contribution in [0, 0.1) is 5.92 Å². The van der Waals surface area contributed by atoms with Gasteiger partial charge in [-0.05, 0) is 74.3 Å². The number of amides is 10. The first kappa shape index (κ1) is 62.1. The normalized spacial score (nSPS) is 23.8. The standard InChI is InChI=1S/C54H74N16O12/c1-29(2)20-38-48(77)65-37(10-6-17-59-54(55)56)53(82)70-19-7-11-43(70)52(81)61-26-45(74)58-18-16-44(73)64-41(23-33-25-57-28-62-33)50(79)68-40(22-32-24-60-36-9-5-4-8-35(32)36)49(78)69-42(27-71)51(80)67-39(21-31-12-14-34(72)15-13-31)47(76)63-30(3)46(75)66-38/h4-5,8-9,12-15,24-25,28-30,37-43,60,71-72H,6-7,10-11,16-23,26-27H2,1-3H3,(H,57,62)(H,58,74)(H,61,81)(H,63,76)(H,64,73)(H,65,77)(H,66,75)(H,67,80)(H,68,79)(H,69,78)(H4,55,56,59)/t30-,37+,38+,39+,40+,41+,42+,43+/m1/s1. The van der Waals surface area contributed by atoms with Gasteiger partial charge in [-0.15, -0.1) is 0 Å². The highest BCUT2D eigenvalue weighted by atomic mass is 16.3. The SMILES string of the molecule is CC(C)C[C@@H]1NC(=O)[C@@H](C)NC(=O)[C@H](Cc2ccc(O)cc2)NC(=O)[C@H](CO)NC(=O)[C@H](Cc2c[nH]c3ccccc23)NC(=O)[C@H](Cc2cnc[nH]2)NC(=O)CCNC(=O)CNC(=O)[C@@H]2CCCN2C(=O)[C@H](CCCN=C(N)N)NC1=O. The number of aliphatic hydroxyl groups is 1. The number of imidazole rings is 1. The van der Waals surface area contributed by atoms with E-state index in [2.05, 4.69) is 67.8 Å². The monoisotopic (exact) mass is 1140 g/mol. The van der Waals surface area contributed by atoms with Gasteiger partial charge in [0.25, 0.3) is 0 Å². The Morgan fingerprint density at radius 1 is 0.707 bits per heavy atom. The number of rotatable bonds is 13. The molecule has 0 saturated carbocycles. The molecule has 17 N–H and O–H groups in total. The molecule has 2 fully saturated rings. The van der Waals surface area contributed by atoms with E-state index < -0.39 is 121 Å². The molecule has 2 saturated heterocycles. The van der Waals surface area contributed by atoms with Gasteiger partial charge in [0.15, 0.2) is 5.96 Å². The first-order valence-corrected chi connectivity index (χ1v) is 27.1. The van der Waals surface area contributed by atoms with Crippen LogP contribution in [0.15, 0.2) is 72.2 Å². The number of carbonyl (C=O) groups is 10. The summed E-state index contributed by atoms with van der Waals surface area (Å²) in [6.07, 6.45) is 4.47. The van der Waals surface area contributed by atoms with Gasteiger partial charge in [-0.1, -0.05) is 44.2 Å². The third-order valence-corrected chi connectivity index (χ3v) is 13.8. The minimum absolute atomic E-state index is 0.00607. The lowest BCUT2D eigenvalue weighted by Crippen LogP contribution is -2.61. The second kappa shape index (κ2) is 29.9. The van der Waals surface area contributed by atoms with Gasteiger partial charge < -0.3 is 84.4 Å². The van der Waals surface area contributed by atoms with Gasteiger partial charge in [-0.2, -0.15) is 0 Å². The fraction of sp³-hybridized carbons (Fsp3) is 0.481. The van der Waals surface area contributed by atoms with E-state index in [9.17, 15) is 58.2 Å². The lowest BCUT2D eigenvalue weighted by atomic mass is 10.0. The zero-order valence-corrected chi connectivity index (χ0v) is 45.9. The Morgan fingerprint density at radius 3 is 2.02 bits per heavy atom. The quantitative estimate of drug-likeness (QED) is 0.0355. The van der Waals surface area contributed by atoms with Gasteiger partial charge in [-0.3, -0.25) is 52.9 Å². The van der Waals surface area contributed by atoms with Crippen LogP contribution in [-0.2, 0) is 67.2 Å². The number of fused-ring (bicyclic) bond motifs is 2. The summed E-state index contributed by atoms with van der Waals surface area (Å²) >= 11 is 0. The number of nitrogens with one attached hydrogen (secondary N) is 11. The number of aromatic hydroxyl groups is 1. The average Bonchev–Trinajstić information content (AvgIpc) is 4.40. The fourth-order valence-electron chi connectivity index (χ4n) is 9.49. The summed E-state index contributed by atoms with van der Waals surface area (Å²) in [4.78, 5) is 155. The molecule has 82 heavy (non-hydrogen) atoms. The number of aliphatic imine (C=N–C) groups is 1. The molecule has 442 valence electrons. The van der Waals surface area contributed by atoms with Crippen LogP contribution in [0.25, 0.3) is 10.9 Å². The number of carbonyl (C=O) groups excluding carboxylic acids is 10. The Bertz CT molecular complexity index is 2930. The molecular weight excluding hydrogens is 1060 g/mol. The molecule has 4 heterocycles. The Kier molecular flexibility index (Phi) is 22.7. The number of aromatic nitrogens is 3. The molecule has 2 aromatic heterocycles. The van der Waals surface area contributed by atoms with E-state index in [1.807, 2.05) is 0 Å². The van der Waals surface area contributed by atoms with E-state index in [0.29, 0.717) is 34.1 Å². The average molecular weight is 1140 g/mol. The van der Waals surface area contributed by atoms with E-state index in [1.165, 1.54) is 48.6 Å². The number of phenolic OH excluding ortho intramolecular Hbond substituents is 1. The smallest absolute Gasteiger partial charge is 0.245 e. The van der Waals surface area contributed by atoms with Crippen LogP contribution in [-0.4, -0.2) is 176 Å². The largest absolute Gasteiger partial charge is 0.508 e. The number of hydrogen-bond acceptors (Lipinski definition) is 14. The molecule has 0 bridgehead atoms. The van der Waals surface area contributed by atoms with Crippen molar-refractivity contribution in [3.63, 3.8) is 0 Å². The van der Waals surface area contributed by atoms with Crippen LogP contribution < -0.4 is 59.3 Å². The number of nitrogens with zero attached hydrogens (tertiary/aromatic N) is 3. The van der Waals surface area contributed by atoms with E-state index in [1.54, 1.807) is 44.3 Å². The molecule has 28 nitrogen and oxygen atoms in total. The van der Waals surface area contributed by atoms with Gasteiger partial charge in [0.1, 0.15) is 54.1 Å². The number of para-hydroxylation sites is 1. The minimum atomic E-state index is -1.74. The predicted octanol–water partition coefficient (Wildman–Crippen LogP) is -3.24. The van der Waals surface area contributed by atoms with Gasteiger partial charge in [0.05, 0.1) is 19.5 Å². The highest BCUT2D eigenvalue weighted by Crippen LogP contribution is 2.22. The van der Waals surface area contributed by atoms with Gasteiger partial charge in [0.2, 0.25) is 59.1 Å². The third kappa shape index (κ3) is 18.2. The zero-order chi connectivity index (χ0) is 59.5. The number of nitrogens with two attached hydrogens (primary N) is 2. The van der Waals surface area contributed by atoms with Gasteiger partial charge in [0, 0.05) is 74.3 Å². The van der Waals surface area contributed by atoms with E-state index in [4.69, 9.17) is 11.5 Å². The van der Waals surface area contributed by atoms with Crippen molar-refractivity contribution in [2.24, 2.45) is 22.4 Å². The predicted molar refractivity (Wildman–Crippen MR) is 297 cm³/mol. The lowest BCUT2D eigenvalue weighted by Gasteiger charge is -2.30. The summed E-state index contributed by atoms with van der Waals surface area (Å²) in [5.41, 5.74) is 13.2. The highest BCUT2D eigenvalue weighted by Gasteiger charge is 2.39. The van der Waals surface area contributed by atoms with Crippen LogP contribution >= 0.6 is 0 Å². The third-order valence-electron chi connectivity index (χ3n) is 13.8. The summed E-state index contributed by atoms with van der Waals surface area (Å²) in [6.45, 7) is 3.39. The van der Waals surface area contributed by atoms with Crippen LogP contribution in [0.3, 0.4) is 0 Å². The van der Waals surface area contributed by atoms with Crippen molar-refractivity contribution < 1.29 is 58.2 Å². The van der Waals surface area contributed by atoms with Crippen LogP contribution in [0.5, 0.6) is 5.75 Å². The topological polar surface area (TPSA) is 432 Å². The molecule has 2 aliphatic heterocycles. The van der Waals surface area contributed by atoms with Crippen LogP contribution in [0.1, 0.15) is 76.1 Å². The molecule has 2 aromatic carbocycles. The number of H-pyrrole nitrogens is 2. The van der Waals surface area contributed by atoms with E-state index >= 15 is 0 Å². The Morgan fingerprint density at radius 2 is 1.34 bits per heavy atom. The molecule has 4 aromatic rings. The number of hydrogen-bond donors (Lipinski definition) is 15. The fourth-order valence-corrected chi connectivity index (χ4v) is 9.49. The van der Waals surface area contributed by atoms with Crippen molar-refractivity contribution in [3.05, 3.63) is 84.1 Å². The molecule has 2 aliphatic rings. The number of aliphatic hydroxyl groups excluding tert-OH is 1. The number of benzene rings is 2. The first-order valence-electron chi connectivity index (χ1n) is 27.1. The molecule has 0 aliphatic carbocycles. The molecular formula is C54H74N16O12. The molecule has 10 amide bonds. The molecule has 8 atom stereocenters. The summed E-state index contributed by atoms with van der Waals surface area (Å²) in [5.74, 6) is -8.45. The number of aromatic amines is 2. The van der Waals surface area contributed by atoms with E-state index in [-0.39, 0.29) is 88.6 Å². The minimum Gasteiger partial charge on any atom is -0.508 e. The Balaban J connectivity index is 1.32. The summed E-state index contributed by atoms with van der Waals surface area (Å²) < 4.78 is 0. The van der Waals surface area contributed by atoms with Gasteiger partial charge in [-0.25, -0.2) is 4.98 Å². The van der Waals surface area contributed by atoms with Crippen molar-refractivity contribution in [2.45, 2.75) is 127 Å². The zero-order valence-electron chi connectivity index (χ0n) is 45.9. The van der Waals surface area contributed by atoms with Gasteiger partial charge >= 0.3 is 0 Å². The molecule has 28 heteroatoms. The molecule has 0 unspecified atom stereocenters. The maximum atomic E-state index is 14.5. The van der Waals surface area contributed by atoms with Crippen molar-refractivity contribution in [2.75, 3.05) is 32.8 Å². The highest BCUT2D eigenvalue weighted by molar-refractivity contribution is 5.99. The molecule has 0 radical (unpaired) electrons. The summed E-state index contributed by atoms with van der Waals surface area (Å²) in [5, 5.41) is 44.9. The van der Waals surface area contributed by atoms with Crippen LogP contribution in [0.2, 0.25) is 0 Å². The Labute approximate surface area is 472 Å². The van der Waals surface area contributed by atoms with Crippen molar-refractivity contribution in [1.82, 2.24) is 67.7 Å². The maximum absolute atomic E-state index is 14.5. The summed E-state index contributed by atoms with van der Waals surface area (Å²) in [6, 6.07) is 1.88. The Hall–Kier alpha value is -9.08. The molecule has 6 rings (SSSR count). The molecule has 0 spiro atoms. The second-order valence-corrected chi connectivity index (χ2v) is 20.6. The maximum Gasteiger partial charge on any atom is 0.245 e. The van der Waals surface area contributed by atoms with Crippen molar-refractivity contribution in [3.8, 4) is 5.75 Å². The van der Waals surface area contributed by atoms with Crippen LogP contribution in [0.4, 0.5) is 0 Å². The van der Waals surface area contributed by atoms with Crippen molar-refractivity contribution in [1.29, 1.82) is 0 Å². The first-order chi connectivity index (χ1) is 39.2.